The van der Waals surface area contributed by atoms with Gasteiger partial charge in [0.25, 0.3) is 5.91 Å². The van der Waals surface area contributed by atoms with E-state index in [0.29, 0.717) is 0 Å². The highest BCUT2D eigenvalue weighted by Crippen LogP contribution is 2.37. The monoisotopic (exact) mass is 245 g/mol. The Balaban J connectivity index is 1.95. The smallest absolute Gasteiger partial charge is 0.254 e. The Labute approximate surface area is 107 Å². The Morgan fingerprint density at radius 3 is 2.67 bits per heavy atom. The number of hydrogen-bond donors (Lipinski definition) is 1. The maximum Gasteiger partial charge on any atom is 0.254 e. The lowest BCUT2D eigenvalue weighted by Gasteiger charge is -2.42. The van der Waals surface area contributed by atoms with Crippen molar-refractivity contribution in [2.24, 2.45) is 0 Å². The van der Waals surface area contributed by atoms with Gasteiger partial charge in [0.1, 0.15) is 0 Å². The third-order valence-electron chi connectivity index (χ3n) is 4.50. The molecule has 18 heavy (non-hydrogen) atoms. The molecular weight excluding hydrogens is 226 g/mol. The van der Waals surface area contributed by atoms with Gasteiger partial charge in [-0.1, -0.05) is 31.0 Å². The number of rotatable bonds is 2. The van der Waals surface area contributed by atoms with Crippen LogP contribution in [0.2, 0.25) is 0 Å². The molecule has 96 valence electrons. The summed E-state index contributed by atoms with van der Waals surface area (Å²) in [6, 6.07) is 7.84. The zero-order chi connectivity index (χ0) is 12.6. The van der Waals surface area contributed by atoms with Crippen LogP contribution in [0.3, 0.4) is 0 Å². The molecule has 1 aliphatic heterocycles. The molecule has 0 aromatic heterocycles. The van der Waals surface area contributed by atoms with Gasteiger partial charge in [0.15, 0.2) is 0 Å². The predicted octanol–water partition coefficient (Wildman–Crippen LogP) is 1.99. The Morgan fingerprint density at radius 1 is 1.22 bits per heavy atom. The molecule has 0 radical (unpaired) electrons. The summed E-state index contributed by atoms with van der Waals surface area (Å²) in [5, 5.41) is 9.74. The van der Waals surface area contributed by atoms with Gasteiger partial charge in [-0.2, -0.15) is 0 Å². The van der Waals surface area contributed by atoms with E-state index in [1.807, 2.05) is 29.2 Å². The summed E-state index contributed by atoms with van der Waals surface area (Å²) in [6.45, 7) is 0.845. The van der Waals surface area contributed by atoms with E-state index in [1.165, 1.54) is 0 Å². The second-order valence-electron chi connectivity index (χ2n) is 5.45. The van der Waals surface area contributed by atoms with E-state index < -0.39 is 0 Å². The Kier molecular flexibility index (Phi) is 2.86. The molecule has 3 nitrogen and oxygen atoms in total. The third-order valence-corrected chi connectivity index (χ3v) is 4.50. The highest BCUT2D eigenvalue weighted by Gasteiger charge is 2.43. The van der Waals surface area contributed by atoms with E-state index in [4.69, 9.17) is 0 Å². The molecular formula is C15H19NO2. The normalized spacial score (nSPS) is 22.1. The zero-order valence-corrected chi connectivity index (χ0v) is 10.6. The number of carbonyl (C=O) groups excluding carboxylic acids is 1. The fraction of sp³-hybridized carbons (Fsp3) is 0.533. The van der Waals surface area contributed by atoms with Gasteiger partial charge in [-0.15, -0.1) is 0 Å². The summed E-state index contributed by atoms with van der Waals surface area (Å²) in [5.41, 5.74) is 1.68. The van der Waals surface area contributed by atoms with Crippen molar-refractivity contribution < 1.29 is 9.90 Å². The van der Waals surface area contributed by atoms with Gasteiger partial charge in [0.2, 0.25) is 0 Å². The topological polar surface area (TPSA) is 40.5 Å². The molecule has 0 unspecified atom stereocenters. The van der Waals surface area contributed by atoms with Crippen molar-refractivity contribution in [1.82, 2.24) is 4.90 Å². The van der Waals surface area contributed by atoms with Crippen molar-refractivity contribution in [2.45, 2.75) is 37.6 Å². The molecule has 0 bridgehead atoms. The summed E-state index contributed by atoms with van der Waals surface area (Å²) < 4.78 is 0. The lowest BCUT2D eigenvalue weighted by atomic mass is 9.90. The van der Waals surface area contributed by atoms with Crippen molar-refractivity contribution in [3.8, 4) is 0 Å². The third kappa shape index (κ3) is 1.65. The summed E-state index contributed by atoms with van der Waals surface area (Å²) in [5.74, 6) is 0.104. The van der Waals surface area contributed by atoms with Crippen LogP contribution in [0.15, 0.2) is 24.3 Å². The van der Waals surface area contributed by atoms with Crippen LogP contribution in [-0.2, 0) is 6.42 Å². The molecule has 1 aromatic carbocycles. The van der Waals surface area contributed by atoms with Crippen molar-refractivity contribution in [1.29, 1.82) is 0 Å². The van der Waals surface area contributed by atoms with Gasteiger partial charge in [-0.25, -0.2) is 0 Å². The fourth-order valence-corrected chi connectivity index (χ4v) is 3.43. The SMILES string of the molecule is O=C1c2ccccc2CCN1C1(CO)CCCC1. The molecule has 1 aliphatic carbocycles. The van der Waals surface area contributed by atoms with Gasteiger partial charge >= 0.3 is 0 Å². The molecule has 1 N–H and O–H groups in total. The molecule has 1 saturated carbocycles. The second kappa shape index (κ2) is 4.39. The maximum absolute atomic E-state index is 12.6. The van der Waals surface area contributed by atoms with E-state index in [9.17, 15) is 9.90 Å². The number of aliphatic hydroxyl groups excluding tert-OH is 1. The first-order valence-electron chi connectivity index (χ1n) is 6.78. The summed E-state index contributed by atoms with van der Waals surface area (Å²) in [6.07, 6.45) is 5.02. The van der Waals surface area contributed by atoms with Crippen LogP contribution in [-0.4, -0.2) is 34.6 Å². The Bertz CT molecular complexity index is 463. The highest BCUT2D eigenvalue weighted by molar-refractivity contribution is 5.97. The minimum absolute atomic E-state index is 0.0981. The molecule has 0 saturated heterocycles. The number of hydrogen-bond acceptors (Lipinski definition) is 2. The molecule has 1 amide bonds. The average molecular weight is 245 g/mol. The first-order valence-corrected chi connectivity index (χ1v) is 6.78. The van der Waals surface area contributed by atoms with E-state index in [0.717, 1.165) is 49.8 Å². The predicted molar refractivity (Wildman–Crippen MR) is 69.5 cm³/mol. The molecule has 0 spiro atoms. The summed E-state index contributed by atoms with van der Waals surface area (Å²) >= 11 is 0. The maximum atomic E-state index is 12.6. The van der Waals surface area contributed by atoms with E-state index in [1.54, 1.807) is 0 Å². The van der Waals surface area contributed by atoms with Crippen LogP contribution in [0, 0.1) is 0 Å². The first kappa shape index (κ1) is 11.7. The number of fused-ring (bicyclic) bond motifs is 1. The summed E-state index contributed by atoms with van der Waals surface area (Å²) in [7, 11) is 0. The van der Waals surface area contributed by atoms with Crippen LogP contribution in [0.4, 0.5) is 0 Å². The van der Waals surface area contributed by atoms with Gasteiger partial charge in [0, 0.05) is 12.1 Å². The van der Waals surface area contributed by atoms with Gasteiger partial charge in [-0.05, 0) is 30.9 Å². The largest absolute Gasteiger partial charge is 0.394 e. The van der Waals surface area contributed by atoms with E-state index >= 15 is 0 Å². The van der Waals surface area contributed by atoms with Crippen molar-refractivity contribution >= 4 is 5.91 Å². The molecule has 1 aromatic rings. The lowest BCUT2D eigenvalue weighted by molar-refractivity contribution is 0.0234. The second-order valence-corrected chi connectivity index (χ2v) is 5.45. The highest BCUT2D eigenvalue weighted by atomic mass is 16.3. The number of carbonyl (C=O) groups is 1. The zero-order valence-electron chi connectivity index (χ0n) is 10.6. The quantitative estimate of drug-likeness (QED) is 0.865. The van der Waals surface area contributed by atoms with Crippen molar-refractivity contribution in [3.63, 3.8) is 0 Å². The lowest BCUT2D eigenvalue weighted by Crippen LogP contribution is -2.55. The van der Waals surface area contributed by atoms with Crippen LogP contribution in [0.1, 0.15) is 41.6 Å². The number of benzene rings is 1. The van der Waals surface area contributed by atoms with Crippen LogP contribution >= 0.6 is 0 Å². The molecule has 1 fully saturated rings. The Morgan fingerprint density at radius 2 is 1.94 bits per heavy atom. The summed E-state index contributed by atoms with van der Waals surface area (Å²) in [4.78, 5) is 14.5. The van der Waals surface area contributed by atoms with Crippen LogP contribution in [0.5, 0.6) is 0 Å². The van der Waals surface area contributed by atoms with E-state index in [2.05, 4.69) is 0 Å². The van der Waals surface area contributed by atoms with Gasteiger partial charge < -0.3 is 10.0 Å². The van der Waals surface area contributed by atoms with Crippen molar-refractivity contribution in [3.05, 3.63) is 35.4 Å². The molecule has 0 atom stereocenters. The van der Waals surface area contributed by atoms with Crippen LogP contribution in [0.25, 0.3) is 0 Å². The Hall–Kier alpha value is -1.35. The minimum atomic E-state index is -0.287. The van der Waals surface area contributed by atoms with E-state index in [-0.39, 0.29) is 18.1 Å². The minimum Gasteiger partial charge on any atom is -0.394 e. The average Bonchev–Trinajstić information content (AvgIpc) is 2.89. The van der Waals surface area contributed by atoms with Gasteiger partial charge in [0.05, 0.1) is 12.1 Å². The number of aliphatic hydroxyl groups is 1. The first-order chi connectivity index (χ1) is 8.77. The molecule has 1 heterocycles. The van der Waals surface area contributed by atoms with Crippen molar-refractivity contribution in [2.75, 3.05) is 13.2 Å². The molecule has 3 rings (SSSR count). The van der Waals surface area contributed by atoms with Gasteiger partial charge in [-0.3, -0.25) is 4.79 Å². The van der Waals surface area contributed by atoms with Crippen LogP contribution < -0.4 is 0 Å². The number of amides is 1. The fourth-order valence-electron chi connectivity index (χ4n) is 3.43. The molecule has 3 heteroatoms. The number of nitrogens with zero attached hydrogens (tertiary/aromatic N) is 1. The standard InChI is InChI=1S/C15H19NO2/c17-11-15(8-3-4-9-15)16-10-7-12-5-1-2-6-13(12)14(16)18/h1-2,5-6,17H,3-4,7-11H2. The molecule has 2 aliphatic rings.